The summed E-state index contributed by atoms with van der Waals surface area (Å²) in [4.78, 5) is 26.3. The van der Waals surface area contributed by atoms with Crippen molar-refractivity contribution in [3.05, 3.63) is 65.7 Å². The number of benzene rings is 2. The molecule has 5 heteroatoms. The third kappa shape index (κ3) is 4.25. The third-order valence-corrected chi connectivity index (χ3v) is 4.49. The third-order valence-electron chi connectivity index (χ3n) is 4.49. The van der Waals surface area contributed by atoms with Gasteiger partial charge in [0.15, 0.2) is 12.4 Å². The second-order valence-electron chi connectivity index (χ2n) is 6.24. The Balaban J connectivity index is 1.54. The predicted octanol–water partition coefficient (Wildman–Crippen LogP) is 2.10. The summed E-state index contributed by atoms with van der Waals surface area (Å²) in [5, 5.41) is 0. The lowest BCUT2D eigenvalue weighted by molar-refractivity contribution is -0.132. The number of nitrogens with two attached hydrogens (primary N) is 1. The summed E-state index contributed by atoms with van der Waals surface area (Å²) in [5.41, 5.74) is 6.89. The Kier molecular flexibility index (Phi) is 5.46. The van der Waals surface area contributed by atoms with Crippen LogP contribution in [0.5, 0.6) is 5.75 Å². The number of ketones is 1. The predicted molar refractivity (Wildman–Crippen MR) is 95.6 cm³/mol. The van der Waals surface area contributed by atoms with Gasteiger partial charge in [0, 0.05) is 24.2 Å². The molecule has 25 heavy (non-hydrogen) atoms. The van der Waals surface area contributed by atoms with Crippen LogP contribution in [-0.4, -0.2) is 42.8 Å². The van der Waals surface area contributed by atoms with Gasteiger partial charge in [-0.3, -0.25) is 9.59 Å². The van der Waals surface area contributed by atoms with E-state index in [0.29, 0.717) is 35.9 Å². The summed E-state index contributed by atoms with van der Waals surface area (Å²) in [7, 11) is 0. The van der Waals surface area contributed by atoms with Crippen molar-refractivity contribution in [2.24, 2.45) is 11.7 Å². The molecule has 1 atom stereocenters. The van der Waals surface area contributed by atoms with Crippen LogP contribution in [0.4, 0.5) is 0 Å². The lowest BCUT2D eigenvalue weighted by Crippen LogP contribution is -2.33. The molecule has 1 fully saturated rings. The van der Waals surface area contributed by atoms with E-state index in [-0.39, 0.29) is 18.3 Å². The van der Waals surface area contributed by atoms with Crippen molar-refractivity contribution in [1.82, 2.24) is 4.90 Å². The highest BCUT2D eigenvalue weighted by Gasteiger charge is 2.25. The van der Waals surface area contributed by atoms with Crippen molar-refractivity contribution in [2.45, 2.75) is 6.42 Å². The number of carbonyl (C=O) groups is 2. The average Bonchev–Trinajstić information content (AvgIpc) is 3.16. The van der Waals surface area contributed by atoms with Crippen molar-refractivity contribution in [3.8, 4) is 5.75 Å². The number of amides is 1. The van der Waals surface area contributed by atoms with Gasteiger partial charge >= 0.3 is 0 Å². The van der Waals surface area contributed by atoms with E-state index < -0.39 is 0 Å². The van der Waals surface area contributed by atoms with E-state index >= 15 is 0 Å². The first-order chi connectivity index (χ1) is 12.2. The summed E-state index contributed by atoms with van der Waals surface area (Å²) in [6, 6.07) is 16.0. The number of rotatable bonds is 6. The lowest BCUT2D eigenvalue weighted by atomic mass is 10.0. The molecule has 0 saturated carbocycles. The van der Waals surface area contributed by atoms with Crippen LogP contribution in [0.2, 0.25) is 0 Å². The standard InChI is InChI=1S/C20H22N2O3/c21-12-15-10-11-22(13-15)19(23)14-25-18-8-6-17(7-9-18)20(24)16-4-2-1-3-5-16/h1-9,15H,10-14,21H2/t15-/m0/s1. The van der Waals surface area contributed by atoms with E-state index in [1.807, 2.05) is 18.2 Å². The smallest absolute Gasteiger partial charge is 0.260 e. The molecule has 0 radical (unpaired) electrons. The molecule has 1 saturated heterocycles. The number of ether oxygens (including phenoxy) is 1. The quantitative estimate of drug-likeness (QED) is 0.819. The first-order valence-electron chi connectivity index (χ1n) is 8.48. The summed E-state index contributed by atoms with van der Waals surface area (Å²) in [5.74, 6) is 0.910. The molecule has 2 N–H and O–H groups in total. The molecule has 2 aromatic carbocycles. The molecule has 0 bridgehead atoms. The minimum atomic E-state index is -0.0341. The van der Waals surface area contributed by atoms with Gasteiger partial charge in [0.1, 0.15) is 5.75 Å². The van der Waals surface area contributed by atoms with Crippen molar-refractivity contribution in [3.63, 3.8) is 0 Å². The molecule has 130 valence electrons. The van der Waals surface area contributed by atoms with Crippen LogP contribution >= 0.6 is 0 Å². The maximum absolute atomic E-state index is 12.3. The Bertz CT molecular complexity index is 728. The highest BCUT2D eigenvalue weighted by Crippen LogP contribution is 2.17. The first-order valence-corrected chi connectivity index (χ1v) is 8.48. The largest absolute Gasteiger partial charge is 0.484 e. The van der Waals surface area contributed by atoms with E-state index in [1.165, 1.54) is 0 Å². The topological polar surface area (TPSA) is 72.6 Å². The molecule has 0 aliphatic carbocycles. The number of nitrogens with zero attached hydrogens (tertiary/aromatic N) is 1. The minimum Gasteiger partial charge on any atom is -0.484 e. The van der Waals surface area contributed by atoms with Crippen LogP contribution in [0.25, 0.3) is 0 Å². The maximum Gasteiger partial charge on any atom is 0.260 e. The molecule has 1 aliphatic rings. The highest BCUT2D eigenvalue weighted by atomic mass is 16.5. The normalized spacial score (nSPS) is 16.7. The fourth-order valence-electron chi connectivity index (χ4n) is 2.95. The Hall–Kier alpha value is -2.66. The number of hydrogen-bond acceptors (Lipinski definition) is 4. The molecule has 1 amide bonds. The monoisotopic (exact) mass is 338 g/mol. The first kappa shape index (κ1) is 17.2. The number of hydrogen-bond donors (Lipinski definition) is 1. The summed E-state index contributed by atoms with van der Waals surface area (Å²) in [6.45, 7) is 2.07. The van der Waals surface area contributed by atoms with Gasteiger partial charge in [0.25, 0.3) is 5.91 Å². The minimum absolute atomic E-state index is 0.00324. The SMILES string of the molecule is NC[C@@H]1CCN(C(=O)COc2ccc(C(=O)c3ccccc3)cc2)C1. The second-order valence-corrected chi connectivity index (χ2v) is 6.24. The van der Waals surface area contributed by atoms with E-state index in [1.54, 1.807) is 41.3 Å². The molecule has 1 aliphatic heterocycles. The zero-order valence-corrected chi connectivity index (χ0v) is 14.1. The molecule has 5 nitrogen and oxygen atoms in total. The molecule has 0 spiro atoms. The van der Waals surface area contributed by atoms with Crippen LogP contribution in [0.3, 0.4) is 0 Å². The molecule has 0 aromatic heterocycles. The van der Waals surface area contributed by atoms with Gasteiger partial charge in [0.2, 0.25) is 0 Å². The van der Waals surface area contributed by atoms with Gasteiger partial charge in [-0.2, -0.15) is 0 Å². The van der Waals surface area contributed by atoms with E-state index in [2.05, 4.69) is 0 Å². The second kappa shape index (κ2) is 7.94. The van der Waals surface area contributed by atoms with Gasteiger partial charge in [-0.15, -0.1) is 0 Å². The van der Waals surface area contributed by atoms with Gasteiger partial charge in [-0.1, -0.05) is 30.3 Å². The Morgan fingerprint density at radius 1 is 1.04 bits per heavy atom. The summed E-state index contributed by atoms with van der Waals surface area (Å²) >= 11 is 0. The van der Waals surface area contributed by atoms with Gasteiger partial charge in [-0.05, 0) is 43.1 Å². The van der Waals surface area contributed by atoms with Gasteiger partial charge in [0.05, 0.1) is 0 Å². The molecule has 0 unspecified atom stereocenters. The van der Waals surface area contributed by atoms with Crippen LogP contribution in [0, 0.1) is 5.92 Å². The molecule has 3 rings (SSSR count). The van der Waals surface area contributed by atoms with Crippen LogP contribution in [0.15, 0.2) is 54.6 Å². The van der Waals surface area contributed by atoms with E-state index in [4.69, 9.17) is 10.5 Å². The Labute approximate surface area is 147 Å². The zero-order chi connectivity index (χ0) is 17.6. The zero-order valence-electron chi connectivity index (χ0n) is 14.1. The number of carbonyl (C=O) groups excluding carboxylic acids is 2. The number of likely N-dealkylation sites (tertiary alicyclic amines) is 1. The molecular weight excluding hydrogens is 316 g/mol. The molecule has 1 heterocycles. The van der Waals surface area contributed by atoms with E-state index in [9.17, 15) is 9.59 Å². The fourth-order valence-corrected chi connectivity index (χ4v) is 2.95. The van der Waals surface area contributed by atoms with Gasteiger partial charge < -0.3 is 15.4 Å². The molecule has 2 aromatic rings. The van der Waals surface area contributed by atoms with Crippen molar-refractivity contribution < 1.29 is 14.3 Å². The summed E-state index contributed by atoms with van der Waals surface area (Å²) in [6.07, 6.45) is 0.957. The Morgan fingerprint density at radius 3 is 2.36 bits per heavy atom. The van der Waals surface area contributed by atoms with Crippen molar-refractivity contribution >= 4 is 11.7 Å². The van der Waals surface area contributed by atoms with Crippen LogP contribution in [0.1, 0.15) is 22.3 Å². The van der Waals surface area contributed by atoms with Crippen LogP contribution < -0.4 is 10.5 Å². The van der Waals surface area contributed by atoms with Crippen molar-refractivity contribution in [1.29, 1.82) is 0 Å². The molecular formula is C20H22N2O3. The lowest BCUT2D eigenvalue weighted by Gasteiger charge is -2.16. The van der Waals surface area contributed by atoms with E-state index in [0.717, 1.165) is 13.0 Å². The van der Waals surface area contributed by atoms with Crippen LogP contribution in [-0.2, 0) is 4.79 Å². The average molecular weight is 338 g/mol. The highest BCUT2D eigenvalue weighted by molar-refractivity contribution is 6.08. The Morgan fingerprint density at radius 2 is 1.72 bits per heavy atom. The fraction of sp³-hybridized carbons (Fsp3) is 0.300. The summed E-state index contributed by atoms with van der Waals surface area (Å²) < 4.78 is 5.56. The van der Waals surface area contributed by atoms with Gasteiger partial charge in [-0.25, -0.2) is 0 Å². The van der Waals surface area contributed by atoms with Crippen molar-refractivity contribution in [2.75, 3.05) is 26.2 Å². The maximum atomic E-state index is 12.3.